The Hall–Kier alpha value is -2.27. The fourth-order valence-corrected chi connectivity index (χ4v) is 2.54. The van der Waals surface area contributed by atoms with Gasteiger partial charge in [-0.3, -0.25) is 9.59 Å². The van der Waals surface area contributed by atoms with Crippen molar-refractivity contribution in [1.29, 1.82) is 0 Å². The number of rotatable bonds is 7. The first-order valence-corrected chi connectivity index (χ1v) is 8.64. The summed E-state index contributed by atoms with van der Waals surface area (Å²) < 4.78 is 0. The quantitative estimate of drug-likeness (QED) is 0.768. The minimum Gasteiger partial charge on any atom is -0.355 e. The van der Waals surface area contributed by atoms with Crippen molar-refractivity contribution in [2.24, 2.45) is 0 Å². The number of benzene rings is 2. The molecule has 0 atom stereocenters. The number of hydrogen-bond donors (Lipinski definition) is 2. The molecule has 0 spiro atoms. The van der Waals surface area contributed by atoms with Gasteiger partial charge in [-0.25, -0.2) is 0 Å². The van der Waals surface area contributed by atoms with Gasteiger partial charge in [-0.15, -0.1) is 11.8 Å². The summed E-state index contributed by atoms with van der Waals surface area (Å²) in [6.45, 7) is 0.333. The summed E-state index contributed by atoms with van der Waals surface area (Å²) in [5.41, 5.74) is 1.74. The van der Waals surface area contributed by atoms with Crippen molar-refractivity contribution in [3.05, 3.63) is 60.2 Å². The molecule has 0 unspecified atom stereocenters. The summed E-state index contributed by atoms with van der Waals surface area (Å²) >= 11 is 1.62. The summed E-state index contributed by atoms with van der Waals surface area (Å²) in [4.78, 5) is 24.8. The highest BCUT2D eigenvalue weighted by Crippen LogP contribution is 2.18. The van der Waals surface area contributed by atoms with Crippen LogP contribution in [0.5, 0.6) is 0 Å². The van der Waals surface area contributed by atoms with Gasteiger partial charge < -0.3 is 10.6 Å². The monoisotopic (exact) mass is 328 g/mol. The maximum Gasteiger partial charge on any atom is 0.226 e. The SMILES string of the molecule is CSc1cccc(NC(=O)CCNC(=O)Cc2ccccc2)c1. The summed E-state index contributed by atoms with van der Waals surface area (Å²) in [6.07, 6.45) is 2.57. The van der Waals surface area contributed by atoms with Gasteiger partial charge in [0.2, 0.25) is 11.8 Å². The molecule has 2 rings (SSSR count). The topological polar surface area (TPSA) is 58.2 Å². The van der Waals surface area contributed by atoms with Crippen molar-refractivity contribution in [3.63, 3.8) is 0 Å². The second-order valence-corrected chi connectivity index (χ2v) is 5.92. The number of carbonyl (C=O) groups is 2. The number of carbonyl (C=O) groups excluding carboxylic acids is 2. The van der Waals surface area contributed by atoms with E-state index in [4.69, 9.17) is 0 Å². The predicted molar refractivity (Wildman–Crippen MR) is 94.6 cm³/mol. The second kappa shape index (κ2) is 9.00. The molecule has 0 aliphatic rings. The Labute approximate surface area is 140 Å². The first-order chi connectivity index (χ1) is 11.2. The van der Waals surface area contributed by atoms with Gasteiger partial charge >= 0.3 is 0 Å². The number of nitrogens with one attached hydrogen (secondary N) is 2. The van der Waals surface area contributed by atoms with Crippen LogP contribution in [0.3, 0.4) is 0 Å². The molecule has 23 heavy (non-hydrogen) atoms. The Balaban J connectivity index is 1.71. The van der Waals surface area contributed by atoms with Crippen LogP contribution in [0.4, 0.5) is 5.69 Å². The van der Waals surface area contributed by atoms with Crippen molar-refractivity contribution < 1.29 is 9.59 Å². The smallest absolute Gasteiger partial charge is 0.226 e. The van der Waals surface area contributed by atoms with E-state index in [0.29, 0.717) is 13.0 Å². The lowest BCUT2D eigenvalue weighted by Crippen LogP contribution is -2.28. The molecule has 4 nitrogen and oxygen atoms in total. The number of thioether (sulfide) groups is 1. The summed E-state index contributed by atoms with van der Waals surface area (Å²) in [7, 11) is 0. The Morgan fingerprint density at radius 2 is 1.78 bits per heavy atom. The molecule has 2 aromatic rings. The van der Waals surface area contributed by atoms with Gasteiger partial charge in [0, 0.05) is 23.5 Å². The molecule has 0 fully saturated rings. The van der Waals surface area contributed by atoms with Crippen LogP contribution in [0.15, 0.2) is 59.5 Å². The fourth-order valence-electron chi connectivity index (χ4n) is 2.08. The predicted octanol–water partition coefficient (Wildman–Crippen LogP) is 3.10. The third-order valence-corrected chi connectivity index (χ3v) is 3.96. The Morgan fingerprint density at radius 3 is 2.52 bits per heavy atom. The van der Waals surface area contributed by atoms with Crippen molar-refractivity contribution in [2.75, 3.05) is 18.1 Å². The number of anilines is 1. The van der Waals surface area contributed by atoms with E-state index in [1.54, 1.807) is 11.8 Å². The van der Waals surface area contributed by atoms with Crippen LogP contribution in [0.2, 0.25) is 0 Å². The fraction of sp³-hybridized carbons (Fsp3) is 0.222. The van der Waals surface area contributed by atoms with E-state index in [1.807, 2.05) is 60.9 Å². The summed E-state index contributed by atoms with van der Waals surface area (Å²) in [5, 5.41) is 5.60. The molecule has 5 heteroatoms. The van der Waals surface area contributed by atoms with E-state index >= 15 is 0 Å². The molecule has 0 saturated heterocycles. The molecular weight excluding hydrogens is 308 g/mol. The summed E-state index contributed by atoms with van der Waals surface area (Å²) in [6, 6.07) is 17.2. The largest absolute Gasteiger partial charge is 0.355 e. The molecule has 0 bridgehead atoms. The van der Waals surface area contributed by atoms with Crippen LogP contribution in [-0.4, -0.2) is 24.6 Å². The van der Waals surface area contributed by atoms with Gasteiger partial charge in [-0.1, -0.05) is 36.4 Å². The maximum atomic E-state index is 11.9. The third kappa shape index (κ3) is 6.16. The van der Waals surface area contributed by atoms with Gasteiger partial charge in [-0.2, -0.15) is 0 Å². The first kappa shape index (κ1) is 17.1. The van der Waals surface area contributed by atoms with Gasteiger partial charge in [-0.05, 0) is 30.0 Å². The Kier molecular flexibility index (Phi) is 6.69. The van der Waals surface area contributed by atoms with Crippen molar-refractivity contribution in [2.45, 2.75) is 17.7 Å². The number of amides is 2. The third-order valence-electron chi connectivity index (χ3n) is 3.24. The molecule has 0 saturated carbocycles. The highest BCUT2D eigenvalue weighted by atomic mass is 32.2. The minimum atomic E-state index is -0.108. The Bertz CT molecular complexity index is 659. The lowest BCUT2D eigenvalue weighted by Gasteiger charge is -2.08. The average Bonchev–Trinajstić information content (AvgIpc) is 2.56. The Morgan fingerprint density at radius 1 is 1.00 bits per heavy atom. The van der Waals surface area contributed by atoms with Crippen LogP contribution < -0.4 is 10.6 Å². The van der Waals surface area contributed by atoms with Crippen molar-refractivity contribution >= 4 is 29.3 Å². The van der Waals surface area contributed by atoms with E-state index in [1.165, 1.54) is 0 Å². The maximum absolute atomic E-state index is 11.9. The van der Waals surface area contributed by atoms with Gasteiger partial charge in [0.25, 0.3) is 0 Å². The van der Waals surface area contributed by atoms with E-state index < -0.39 is 0 Å². The lowest BCUT2D eigenvalue weighted by molar-refractivity contribution is -0.120. The van der Waals surface area contributed by atoms with Gasteiger partial charge in [0.05, 0.1) is 6.42 Å². The van der Waals surface area contributed by atoms with Crippen LogP contribution in [-0.2, 0) is 16.0 Å². The zero-order chi connectivity index (χ0) is 16.5. The van der Waals surface area contributed by atoms with Crippen LogP contribution in [0, 0.1) is 0 Å². The highest BCUT2D eigenvalue weighted by molar-refractivity contribution is 7.98. The molecule has 0 aliphatic carbocycles. The summed E-state index contributed by atoms with van der Waals surface area (Å²) in [5.74, 6) is -0.184. The van der Waals surface area contributed by atoms with E-state index in [2.05, 4.69) is 10.6 Å². The van der Waals surface area contributed by atoms with Gasteiger partial charge in [0.15, 0.2) is 0 Å². The van der Waals surface area contributed by atoms with Crippen LogP contribution in [0.1, 0.15) is 12.0 Å². The molecule has 120 valence electrons. The number of hydrogen-bond acceptors (Lipinski definition) is 3. The second-order valence-electron chi connectivity index (χ2n) is 5.04. The minimum absolute atomic E-state index is 0.0756. The van der Waals surface area contributed by atoms with E-state index in [9.17, 15) is 9.59 Å². The molecule has 2 aromatic carbocycles. The average molecular weight is 328 g/mol. The van der Waals surface area contributed by atoms with E-state index in [-0.39, 0.29) is 18.2 Å². The molecule has 0 heterocycles. The van der Waals surface area contributed by atoms with Crippen LogP contribution in [0.25, 0.3) is 0 Å². The van der Waals surface area contributed by atoms with Crippen molar-refractivity contribution in [3.8, 4) is 0 Å². The molecule has 0 radical (unpaired) electrons. The highest BCUT2D eigenvalue weighted by Gasteiger charge is 2.06. The molecular formula is C18H20N2O2S. The molecule has 0 aromatic heterocycles. The zero-order valence-corrected chi connectivity index (χ0v) is 13.9. The van der Waals surface area contributed by atoms with Crippen LogP contribution >= 0.6 is 11.8 Å². The van der Waals surface area contributed by atoms with Crippen molar-refractivity contribution in [1.82, 2.24) is 5.32 Å². The standard InChI is InChI=1S/C18H20N2O2S/c1-23-16-9-5-8-15(13-16)20-17(21)10-11-19-18(22)12-14-6-3-2-4-7-14/h2-9,13H,10-12H2,1H3,(H,19,22)(H,20,21). The zero-order valence-electron chi connectivity index (χ0n) is 13.0. The first-order valence-electron chi connectivity index (χ1n) is 7.42. The van der Waals surface area contributed by atoms with E-state index in [0.717, 1.165) is 16.1 Å². The molecule has 2 N–H and O–H groups in total. The molecule has 0 aliphatic heterocycles. The lowest BCUT2D eigenvalue weighted by atomic mass is 10.1. The van der Waals surface area contributed by atoms with Gasteiger partial charge in [0.1, 0.15) is 0 Å². The normalized spacial score (nSPS) is 10.1. The molecule has 2 amide bonds.